The Kier molecular flexibility index (Phi) is 4.78. The van der Waals surface area contributed by atoms with Crippen molar-refractivity contribution in [2.75, 3.05) is 28.6 Å². The molecular weight excluding hydrogens is 404 g/mol. The molecule has 2 heterocycles. The second-order valence-electron chi connectivity index (χ2n) is 6.36. The Morgan fingerprint density at radius 2 is 1.92 bits per heavy atom. The van der Waals surface area contributed by atoms with E-state index in [2.05, 4.69) is 0 Å². The molecule has 0 bridgehead atoms. The van der Waals surface area contributed by atoms with Gasteiger partial charge in [0.2, 0.25) is 15.9 Å². The van der Waals surface area contributed by atoms with E-state index in [4.69, 9.17) is 11.6 Å². The van der Waals surface area contributed by atoms with Crippen molar-refractivity contribution in [1.82, 2.24) is 4.90 Å². The smallest absolute Gasteiger partial charge is 0.255 e. The van der Waals surface area contributed by atoms with E-state index >= 15 is 0 Å². The van der Waals surface area contributed by atoms with Gasteiger partial charge < -0.3 is 4.90 Å². The van der Waals surface area contributed by atoms with Gasteiger partial charge in [-0.2, -0.15) is 0 Å². The molecule has 2 aliphatic rings. The van der Waals surface area contributed by atoms with Crippen LogP contribution in [0.2, 0.25) is 5.02 Å². The van der Waals surface area contributed by atoms with Crippen LogP contribution in [0.3, 0.4) is 0 Å². The van der Waals surface area contributed by atoms with Crippen molar-refractivity contribution < 1.29 is 26.4 Å². The predicted molar refractivity (Wildman–Crippen MR) is 96.5 cm³/mol. The van der Waals surface area contributed by atoms with Crippen molar-refractivity contribution in [3.63, 3.8) is 0 Å². The number of benzene rings is 1. The van der Waals surface area contributed by atoms with E-state index in [1.54, 1.807) is 0 Å². The molecule has 0 saturated carbocycles. The number of carbonyl (C=O) groups is 2. The molecule has 0 spiro atoms. The van der Waals surface area contributed by atoms with Gasteiger partial charge in [0.15, 0.2) is 9.84 Å². The second kappa shape index (κ2) is 6.50. The number of halogens is 1. The topological polar surface area (TPSA) is 109 Å². The normalized spacial score (nSPS) is 24.0. The summed E-state index contributed by atoms with van der Waals surface area (Å²) in [6.45, 7) is 0. The standard InChI is InChI=1S/C15H17ClN2O6S2/c1-17(11-4-6-25(21,22)9-11)15(20)12-8-10(2-3-13(12)16)18-14(19)5-7-26(18,23)24/h2-3,8,11H,4-7,9H2,1H3/t11-/m1/s1. The molecule has 1 aromatic rings. The molecule has 0 unspecified atom stereocenters. The lowest BCUT2D eigenvalue weighted by Crippen LogP contribution is -2.38. The van der Waals surface area contributed by atoms with Crippen LogP contribution < -0.4 is 4.31 Å². The maximum absolute atomic E-state index is 12.8. The molecule has 2 fully saturated rings. The Morgan fingerprint density at radius 3 is 2.46 bits per heavy atom. The quantitative estimate of drug-likeness (QED) is 0.710. The molecule has 26 heavy (non-hydrogen) atoms. The maximum Gasteiger partial charge on any atom is 0.255 e. The molecule has 2 amide bonds. The fourth-order valence-corrected chi connectivity index (χ4v) is 6.53. The molecule has 0 aliphatic carbocycles. The number of rotatable bonds is 3. The third kappa shape index (κ3) is 3.45. The Balaban J connectivity index is 1.93. The molecule has 0 aromatic heterocycles. The summed E-state index contributed by atoms with van der Waals surface area (Å²) >= 11 is 6.09. The Morgan fingerprint density at radius 1 is 1.23 bits per heavy atom. The first-order chi connectivity index (χ1) is 12.0. The summed E-state index contributed by atoms with van der Waals surface area (Å²) in [4.78, 5) is 26.0. The average Bonchev–Trinajstić information content (AvgIpc) is 3.05. The summed E-state index contributed by atoms with van der Waals surface area (Å²) < 4.78 is 48.1. The van der Waals surface area contributed by atoms with Gasteiger partial charge in [-0.3, -0.25) is 9.59 Å². The highest BCUT2D eigenvalue weighted by atomic mass is 35.5. The maximum atomic E-state index is 12.8. The second-order valence-corrected chi connectivity index (χ2v) is 10.9. The van der Waals surface area contributed by atoms with Crippen LogP contribution >= 0.6 is 11.6 Å². The molecule has 11 heteroatoms. The van der Waals surface area contributed by atoms with E-state index < -0.39 is 37.7 Å². The Hall–Kier alpha value is -1.65. The van der Waals surface area contributed by atoms with Crippen LogP contribution in [0.25, 0.3) is 0 Å². The van der Waals surface area contributed by atoms with Gasteiger partial charge in [-0.15, -0.1) is 0 Å². The number of nitrogens with zero attached hydrogens (tertiary/aromatic N) is 2. The van der Waals surface area contributed by atoms with Crippen LogP contribution in [0, 0.1) is 0 Å². The summed E-state index contributed by atoms with van der Waals surface area (Å²) in [6.07, 6.45) is 0.217. The zero-order valence-corrected chi connectivity index (χ0v) is 16.3. The lowest BCUT2D eigenvalue weighted by atomic mass is 10.1. The van der Waals surface area contributed by atoms with Gasteiger partial charge in [0.25, 0.3) is 5.91 Å². The van der Waals surface area contributed by atoms with Gasteiger partial charge in [-0.1, -0.05) is 11.6 Å². The number of carbonyl (C=O) groups excluding carboxylic acids is 2. The summed E-state index contributed by atoms with van der Waals surface area (Å²) in [5, 5.41) is 0.0931. The SMILES string of the molecule is CN(C(=O)c1cc(N2C(=O)CCS2(=O)=O)ccc1Cl)[C@@H]1CCS(=O)(=O)C1. The highest BCUT2D eigenvalue weighted by molar-refractivity contribution is 7.94. The number of hydrogen-bond acceptors (Lipinski definition) is 6. The van der Waals surface area contributed by atoms with Crippen molar-refractivity contribution in [2.24, 2.45) is 0 Å². The number of hydrogen-bond donors (Lipinski definition) is 0. The Labute approximate surface area is 156 Å². The van der Waals surface area contributed by atoms with Crippen LogP contribution in [0.5, 0.6) is 0 Å². The molecule has 142 valence electrons. The van der Waals surface area contributed by atoms with E-state index in [9.17, 15) is 26.4 Å². The largest absolute Gasteiger partial charge is 0.338 e. The van der Waals surface area contributed by atoms with Gasteiger partial charge in [0, 0.05) is 19.5 Å². The number of sulfonamides is 1. The van der Waals surface area contributed by atoms with Crippen LogP contribution in [-0.4, -0.2) is 63.9 Å². The number of amides is 2. The zero-order chi connectivity index (χ0) is 19.3. The lowest BCUT2D eigenvalue weighted by Gasteiger charge is -2.24. The zero-order valence-electron chi connectivity index (χ0n) is 13.9. The minimum absolute atomic E-state index is 0.0174. The molecule has 1 atom stereocenters. The molecule has 0 radical (unpaired) electrons. The van der Waals surface area contributed by atoms with E-state index in [0.717, 1.165) is 0 Å². The minimum Gasteiger partial charge on any atom is -0.338 e. The first-order valence-corrected chi connectivity index (χ1v) is 11.7. The van der Waals surface area contributed by atoms with Gasteiger partial charge in [0.1, 0.15) is 0 Å². The van der Waals surface area contributed by atoms with Crippen molar-refractivity contribution >= 4 is 49.0 Å². The van der Waals surface area contributed by atoms with E-state index in [0.29, 0.717) is 10.7 Å². The summed E-state index contributed by atoms with van der Waals surface area (Å²) in [5.74, 6) is -1.48. The molecule has 8 nitrogen and oxygen atoms in total. The van der Waals surface area contributed by atoms with Crippen LogP contribution in [0.1, 0.15) is 23.2 Å². The minimum atomic E-state index is -3.76. The van der Waals surface area contributed by atoms with Gasteiger partial charge in [0.05, 0.1) is 33.5 Å². The highest BCUT2D eigenvalue weighted by Crippen LogP contribution is 2.30. The first kappa shape index (κ1) is 19.1. The number of anilines is 1. The molecule has 2 saturated heterocycles. The monoisotopic (exact) mass is 420 g/mol. The summed E-state index contributed by atoms with van der Waals surface area (Å²) in [5.41, 5.74) is 0.0681. The van der Waals surface area contributed by atoms with Crippen LogP contribution in [0.4, 0.5) is 5.69 Å². The van der Waals surface area contributed by atoms with E-state index in [1.807, 2.05) is 0 Å². The van der Waals surface area contributed by atoms with Gasteiger partial charge >= 0.3 is 0 Å². The first-order valence-electron chi connectivity index (χ1n) is 7.85. The highest BCUT2D eigenvalue weighted by Gasteiger charge is 2.37. The summed E-state index contributed by atoms with van der Waals surface area (Å²) in [7, 11) is -5.45. The van der Waals surface area contributed by atoms with Gasteiger partial charge in [-0.05, 0) is 24.6 Å². The van der Waals surface area contributed by atoms with Gasteiger partial charge in [-0.25, -0.2) is 21.1 Å². The fourth-order valence-electron chi connectivity index (χ4n) is 3.11. The molecule has 3 rings (SSSR count). The van der Waals surface area contributed by atoms with Crippen LogP contribution in [-0.2, 0) is 24.7 Å². The fraction of sp³-hybridized carbons (Fsp3) is 0.467. The third-order valence-electron chi connectivity index (χ3n) is 4.57. The van der Waals surface area contributed by atoms with E-state index in [-0.39, 0.29) is 40.0 Å². The molecular formula is C15H17ClN2O6S2. The van der Waals surface area contributed by atoms with Crippen LogP contribution in [0.15, 0.2) is 18.2 Å². The summed E-state index contributed by atoms with van der Waals surface area (Å²) in [6, 6.07) is 3.50. The van der Waals surface area contributed by atoms with Crippen molar-refractivity contribution in [3.05, 3.63) is 28.8 Å². The van der Waals surface area contributed by atoms with E-state index in [1.165, 1.54) is 30.1 Å². The molecule has 0 N–H and O–H groups in total. The average molecular weight is 421 g/mol. The Bertz CT molecular complexity index is 989. The third-order valence-corrected chi connectivity index (χ3v) is 8.34. The van der Waals surface area contributed by atoms with Crippen molar-refractivity contribution in [2.45, 2.75) is 18.9 Å². The van der Waals surface area contributed by atoms with Crippen molar-refractivity contribution in [3.8, 4) is 0 Å². The molecule has 1 aromatic carbocycles. The molecule has 2 aliphatic heterocycles. The number of sulfone groups is 1. The predicted octanol–water partition coefficient (Wildman–Crippen LogP) is 0.666. The lowest BCUT2D eigenvalue weighted by molar-refractivity contribution is -0.116. The van der Waals surface area contributed by atoms with Crippen molar-refractivity contribution in [1.29, 1.82) is 0 Å².